The van der Waals surface area contributed by atoms with Crippen molar-refractivity contribution >= 4 is 5.91 Å². The van der Waals surface area contributed by atoms with Gasteiger partial charge in [0, 0.05) is 31.6 Å². The van der Waals surface area contributed by atoms with E-state index < -0.39 is 11.0 Å². The Morgan fingerprint density at radius 3 is 2.71 bits per heavy atom. The quantitative estimate of drug-likeness (QED) is 0.515. The van der Waals surface area contributed by atoms with E-state index >= 15 is 0 Å². The van der Waals surface area contributed by atoms with E-state index in [9.17, 15) is 15.0 Å². The molecule has 0 aromatic heterocycles. The number of rotatable bonds is 8. The van der Waals surface area contributed by atoms with Gasteiger partial charge in [-0.15, -0.1) is 0 Å². The van der Waals surface area contributed by atoms with E-state index in [1.165, 1.54) is 24.0 Å². The SMILES string of the molecule is CN(C(=O)CCCCc1ccccc1)C1CC[C@@]2(O)[C@H]3Cc4ccc(O)c5c4[C@@]2(CCN3CC2CC2)C1O5. The van der Waals surface area contributed by atoms with Crippen LogP contribution in [-0.4, -0.2) is 69.8 Å². The lowest BCUT2D eigenvalue weighted by Gasteiger charge is -2.64. The number of benzene rings is 2. The molecule has 6 heteroatoms. The number of amides is 1. The molecule has 2 aromatic rings. The highest BCUT2D eigenvalue weighted by Gasteiger charge is 2.73. The normalized spacial score (nSPS) is 32.9. The highest BCUT2D eigenvalue weighted by molar-refractivity contribution is 5.76. The summed E-state index contributed by atoms with van der Waals surface area (Å²) in [5.41, 5.74) is 2.05. The van der Waals surface area contributed by atoms with Gasteiger partial charge in [-0.25, -0.2) is 0 Å². The Morgan fingerprint density at radius 1 is 1.11 bits per heavy atom. The molecule has 2 N–H and O–H groups in total. The summed E-state index contributed by atoms with van der Waals surface area (Å²) in [5, 5.41) is 23.5. The van der Waals surface area contributed by atoms with Crippen LogP contribution in [0.3, 0.4) is 0 Å². The molecule has 2 heterocycles. The van der Waals surface area contributed by atoms with Gasteiger partial charge in [-0.05, 0) is 87.4 Å². The number of phenols is 1. The molecule has 2 saturated carbocycles. The van der Waals surface area contributed by atoms with Crippen molar-refractivity contribution in [2.45, 2.75) is 93.4 Å². The molecule has 1 spiro atoms. The number of ether oxygens (including phenoxy) is 1. The summed E-state index contributed by atoms with van der Waals surface area (Å²) in [4.78, 5) is 17.9. The molecule has 1 amide bonds. The maximum atomic E-state index is 13.4. The third kappa shape index (κ3) is 3.56. The Kier molecular flexibility index (Phi) is 5.79. The average Bonchev–Trinajstić information content (AvgIpc) is 3.67. The van der Waals surface area contributed by atoms with Gasteiger partial charge in [0.15, 0.2) is 11.5 Å². The summed E-state index contributed by atoms with van der Waals surface area (Å²) in [6.45, 7) is 2.00. The third-order valence-corrected chi connectivity index (χ3v) is 10.6. The number of nitrogens with zero attached hydrogens (tertiary/aromatic N) is 2. The second kappa shape index (κ2) is 8.99. The van der Waals surface area contributed by atoms with Crippen LogP contribution >= 0.6 is 0 Å². The first-order valence-electron chi connectivity index (χ1n) is 14.7. The predicted molar refractivity (Wildman–Crippen MR) is 145 cm³/mol. The molecule has 6 nitrogen and oxygen atoms in total. The number of aryl methyl sites for hydroxylation is 1. The lowest BCUT2D eigenvalue weighted by atomic mass is 9.48. The molecule has 5 aliphatic rings. The Bertz CT molecular complexity index is 1230. The van der Waals surface area contributed by atoms with E-state index in [-0.39, 0.29) is 29.8 Å². The van der Waals surface area contributed by atoms with Crippen molar-refractivity contribution in [1.29, 1.82) is 0 Å². The van der Waals surface area contributed by atoms with Gasteiger partial charge < -0.3 is 19.8 Å². The number of likely N-dealkylation sites (N-methyl/N-ethyl adjacent to an activating group) is 1. The van der Waals surface area contributed by atoms with E-state index in [0.717, 1.165) is 56.7 Å². The van der Waals surface area contributed by atoms with E-state index in [0.29, 0.717) is 25.0 Å². The van der Waals surface area contributed by atoms with Gasteiger partial charge >= 0.3 is 0 Å². The number of carbonyl (C=O) groups excluding carboxylic acids is 1. The minimum Gasteiger partial charge on any atom is -0.504 e. The van der Waals surface area contributed by atoms with Crippen LogP contribution in [0.25, 0.3) is 0 Å². The zero-order chi connectivity index (χ0) is 26.1. The molecule has 7 rings (SSSR count). The summed E-state index contributed by atoms with van der Waals surface area (Å²) in [5.74, 6) is 1.62. The van der Waals surface area contributed by atoms with Gasteiger partial charge in [-0.3, -0.25) is 9.69 Å². The standard InChI is InChI=1S/C32H40N2O4/c1-33(27(36)10-6-5-9-21-7-3-2-4-8-21)24-15-16-32(37)26-19-23-13-14-25(35)29-28(23)31(32,30(24)38-29)17-18-34(26)20-22-11-12-22/h2-4,7-8,13-14,22,24,26,30,35,37H,5-6,9-12,15-20H2,1H3/t24?,26-,30?,31+,32-/m1/s1. The van der Waals surface area contributed by atoms with Crippen molar-refractivity contribution in [3.8, 4) is 11.5 Å². The van der Waals surface area contributed by atoms with Crippen LogP contribution in [0, 0.1) is 5.92 Å². The molecule has 2 bridgehead atoms. The van der Waals surface area contributed by atoms with Crippen molar-refractivity contribution in [1.82, 2.24) is 9.80 Å². The Hall–Kier alpha value is -2.57. The Balaban J connectivity index is 1.14. The van der Waals surface area contributed by atoms with E-state index in [1.54, 1.807) is 6.07 Å². The zero-order valence-corrected chi connectivity index (χ0v) is 22.4. The van der Waals surface area contributed by atoms with Crippen molar-refractivity contribution in [2.75, 3.05) is 20.1 Å². The summed E-state index contributed by atoms with van der Waals surface area (Å²) in [6.07, 6.45) is 8.57. The molecule has 202 valence electrons. The van der Waals surface area contributed by atoms with Crippen LogP contribution in [0.4, 0.5) is 0 Å². The van der Waals surface area contributed by atoms with E-state index in [1.807, 2.05) is 24.1 Å². The van der Waals surface area contributed by atoms with Crippen molar-refractivity contribution in [2.24, 2.45) is 5.92 Å². The fourth-order valence-corrected chi connectivity index (χ4v) is 8.46. The minimum atomic E-state index is -0.910. The summed E-state index contributed by atoms with van der Waals surface area (Å²) in [6, 6.07) is 14.2. The highest BCUT2D eigenvalue weighted by atomic mass is 16.5. The molecular weight excluding hydrogens is 476 g/mol. The lowest BCUT2D eigenvalue weighted by Crippen LogP contribution is -2.78. The van der Waals surface area contributed by atoms with Crippen LogP contribution in [0.1, 0.15) is 68.1 Å². The smallest absolute Gasteiger partial charge is 0.222 e. The van der Waals surface area contributed by atoms with Gasteiger partial charge in [0.25, 0.3) is 0 Å². The first-order chi connectivity index (χ1) is 18.4. The van der Waals surface area contributed by atoms with Crippen LogP contribution in [0.2, 0.25) is 0 Å². The van der Waals surface area contributed by atoms with Gasteiger partial charge in [0.05, 0.1) is 17.1 Å². The second-order valence-electron chi connectivity index (χ2n) is 12.6. The topological polar surface area (TPSA) is 73.2 Å². The number of aliphatic hydroxyl groups is 1. The summed E-state index contributed by atoms with van der Waals surface area (Å²) in [7, 11) is 1.92. The van der Waals surface area contributed by atoms with Gasteiger partial charge in [0.1, 0.15) is 6.10 Å². The zero-order valence-electron chi connectivity index (χ0n) is 22.4. The predicted octanol–water partition coefficient (Wildman–Crippen LogP) is 4.20. The van der Waals surface area contributed by atoms with Crippen molar-refractivity contribution < 1.29 is 19.7 Å². The maximum Gasteiger partial charge on any atom is 0.222 e. The van der Waals surface area contributed by atoms with Crippen LogP contribution in [-0.2, 0) is 23.1 Å². The fourth-order valence-electron chi connectivity index (χ4n) is 8.46. The van der Waals surface area contributed by atoms with Crippen LogP contribution in [0.5, 0.6) is 11.5 Å². The molecule has 3 aliphatic carbocycles. The molecule has 0 radical (unpaired) electrons. The first-order valence-corrected chi connectivity index (χ1v) is 14.7. The van der Waals surface area contributed by atoms with Crippen molar-refractivity contribution in [3.63, 3.8) is 0 Å². The van der Waals surface area contributed by atoms with E-state index in [2.05, 4.69) is 29.2 Å². The number of unbranched alkanes of at least 4 members (excludes halogenated alkanes) is 1. The Labute approximate surface area is 225 Å². The number of carbonyl (C=O) groups is 1. The van der Waals surface area contributed by atoms with Crippen LogP contribution < -0.4 is 4.74 Å². The molecular formula is C32H40N2O4. The second-order valence-corrected chi connectivity index (χ2v) is 12.6. The van der Waals surface area contributed by atoms with Crippen molar-refractivity contribution in [3.05, 3.63) is 59.2 Å². The van der Waals surface area contributed by atoms with Gasteiger partial charge in [-0.1, -0.05) is 36.4 Å². The highest BCUT2D eigenvalue weighted by Crippen LogP contribution is 2.66. The lowest BCUT2D eigenvalue weighted by molar-refractivity contribution is -0.200. The number of hydrogen-bond donors (Lipinski definition) is 2. The molecule has 1 saturated heterocycles. The third-order valence-electron chi connectivity index (χ3n) is 10.6. The van der Waals surface area contributed by atoms with Crippen LogP contribution in [0.15, 0.2) is 42.5 Å². The molecule has 38 heavy (non-hydrogen) atoms. The average molecular weight is 517 g/mol. The summed E-state index contributed by atoms with van der Waals surface area (Å²) >= 11 is 0. The fraction of sp³-hybridized carbons (Fsp3) is 0.594. The maximum absolute atomic E-state index is 13.4. The molecule has 5 atom stereocenters. The number of phenolic OH excluding ortho intramolecular Hbond substituents is 1. The Morgan fingerprint density at radius 2 is 1.92 bits per heavy atom. The molecule has 3 fully saturated rings. The minimum absolute atomic E-state index is 0.0610. The van der Waals surface area contributed by atoms with E-state index in [4.69, 9.17) is 4.74 Å². The van der Waals surface area contributed by atoms with Gasteiger partial charge in [0.2, 0.25) is 5.91 Å². The van der Waals surface area contributed by atoms with Gasteiger partial charge in [-0.2, -0.15) is 0 Å². The first kappa shape index (κ1) is 24.5. The molecule has 2 aliphatic heterocycles. The number of aromatic hydroxyl groups is 1. The molecule has 2 unspecified atom stereocenters. The number of likely N-dealkylation sites (tertiary alicyclic amines) is 1. The number of hydrogen-bond acceptors (Lipinski definition) is 5. The largest absolute Gasteiger partial charge is 0.504 e. The number of piperidine rings is 1. The molecule has 2 aromatic carbocycles. The monoisotopic (exact) mass is 516 g/mol. The summed E-state index contributed by atoms with van der Waals surface area (Å²) < 4.78 is 6.65.